The number of pyridine rings is 1. The Bertz CT molecular complexity index is 907. The third-order valence-corrected chi connectivity index (χ3v) is 5.03. The number of nitrogens with one attached hydrogen (secondary N) is 2. The predicted molar refractivity (Wildman–Crippen MR) is 88.1 cm³/mol. The number of halogens is 1. The van der Waals surface area contributed by atoms with E-state index < -0.39 is 0 Å². The standard InChI is InChI=1S/C17H17FN6/c18-11-1-2-17-21-7-15(24(17)9-11)14-6-19-8-16(23-14)22-13-4-10-3-12(13)20-5-10/h1-2,6-10,12-13,20H,3-5H2,(H,22,23)/t10-,12+,13-/m1/s1. The van der Waals surface area contributed by atoms with Crippen molar-refractivity contribution in [2.24, 2.45) is 5.92 Å². The second-order valence-electron chi connectivity index (χ2n) is 6.61. The molecule has 0 spiro atoms. The van der Waals surface area contributed by atoms with Gasteiger partial charge < -0.3 is 10.6 Å². The summed E-state index contributed by atoms with van der Waals surface area (Å²) in [5.74, 6) is 1.21. The van der Waals surface area contributed by atoms with Gasteiger partial charge in [-0.25, -0.2) is 14.4 Å². The average molecular weight is 324 g/mol. The van der Waals surface area contributed by atoms with Gasteiger partial charge >= 0.3 is 0 Å². The van der Waals surface area contributed by atoms with E-state index in [0.29, 0.717) is 23.4 Å². The van der Waals surface area contributed by atoms with E-state index in [2.05, 4.69) is 25.6 Å². The molecule has 0 aromatic carbocycles. The molecule has 122 valence electrons. The lowest BCUT2D eigenvalue weighted by Crippen LogP contribution is -2.41. The summed E-state index contributed by atoms with van der Waals surface area (Å²) >= 11 is 0. The van der Waals surface area contributed by atoms with Crippen molar-refractivity contribution in [3.05, 3.63) is 42.7 Å². The van der Waals surface area contributed by atoms with Crippen LogP contribution >= 0.6 is 0 Å². The van der Waals surface area contributed by atoms with Crippen LogP contribution in [0.2, 0.25) is 0 Å². The van der Waals surface area contributed by atoms with Gasteiger partial charge in [0.1, 0.15) is 23.0 Å². The van der Waals surface area contributed by atoms with Crippen LogP contribution in [-0.2, 0) is 0 Å². The van der Waals surface area contributed by atoms with Crippen molar-refractivity contribution in [2.45, 2.75) is 24.9 Å². The number of piperidine rings is 1. The minimum Gasteiger partial charge on any atom is -0.364 e. The Balaban J connectivity index is 1.47. The Morgan fingerprint density at radius 2 is 2.17 bits per heavy atom. The van der Waals surface area contributed by atoms with Gasteiger partial charge in [0, 0.05) is 18.3 Å². The number of aromatic nitrogens is 4. The number of hydrogen-bond acceptors (Lipinski definition) is 5. The third kappa shape index (κ3) is 2.24. The van der Waals surface area contributed by atoms with Crippen LogP contribution in [-0.4, -0.2) is 38.0 Å². The van der Waals surface area contributed by atoms with E-state index in [-0.39, 0.29) is 5.82 Å². The summed E-state index contributed by atoms with van der Waals surface area (Å²) in [6.45, 7) is 1.13. The minimum absolute atomic E-state index is 0.308. The second kappa shape index (κ2) is 5.24. The van der Waals surface area contributed by atoms with Crippen molar-refractivity contribution in [3.8, 4) is 11.4 Å². The smallest absolute Gasteiger partial charge is 0.145 e. The molecule has 6 nitrogen and oxygen atoms in total. The Morgan fingerprint density at radius 1 is 1.21 bits per heavy atom. The number of imidazole rings is 1. The van der Waals surface area contributed by atoms with E-state index in [9.17, 15) is 4.39 Å². The Hall–Kier alpha value is -2.54. The first kappa shape index (κ1) is 13.9. The topological polar surface area (TPSA) is 67.1 Å². The molecule has 2 fully saturated rings. The molecule has 4 heterocycles. The summed E-state index contributed by atoms with van der Waals surface area (Å²) in [5, 5.41) is 7.03. The molecule has 2 aliphatic rings. The van der Waals surface area contributed by atoms with Crippen LogP contribution in [0.25, 0.3) is 17.0 Å². The summed E-state index contributed by atoms with van der Waals surface area (Å²) in [6, 6.07) is 3.96. The molecule has 1 aliphatic heterocycles. The molecule has 2 N–H and O–H groups in total. The van der Waals surface area contributed by atoms with Crippen LogP contribution in [0.15, 0.2) is 36.9 Å². The van der Waals surface area contributed by atoms with Crippen LogP contribution in [0.5, 0.6) is 0 Å². The van der Waals surface area contributed by atoms with Crippen LogP contribution in [0, 0.1) is 11.7 Å². The van der Waals surface area contributed by atoms with Gasteiger partial charge in [-0.2, -0.15) is 0 Å². The van der Waals surface area contributed by atoms with E-state index in [1.165, 1.54) is 25.1 Å². The van der Waals surface area contributed by atoms with E-state index in [0.717, 1.165) is 24.0 Å². The van der Waals surface area contributed by atoms with Crippen molar-refractivity contribution in [2.75, 3.05) is 11.9 Å². The molecule has 2 bridgehead atoms. The summed E-state index contributed by atoms with van der Waals surface area (Å²) in [4.78, 5) is 13.2. The molecule has 3 atom stereocenters. The molecule has 0 radical (unpaired) electrons. The molecule has 0 unspecified atom stereocenters. The van der Waals surface area contributed by atoms with E-state index >= 15 is 0 Å². The van der Waals surface area contributed by atoms with Gasteiger partial charge in [-0.05, 0) is 37.4 Å². The number of anilines is 1. The Labute approximate surface area is 138 Å². The molecule has 24 heavy (non-hydrogen) atoms. The highest BCUT2D eigenvalue weighted by Gasteiger charge is 2.39. The maximum Gasteiger partial charge on any atom is 0.145 e. The minimum atomic E-state index is -0.308. The lowest BCUT2D eigenvalue weighted by atomic mass is 10.1. The van der Waals surface area contributed by atoms with Gasteiger partial charge in [0.2, 0.25) is 0 Å². The number of nitrogens with zero attached hydrogens (tertiary/aromatic N) is 4. The van der Waals surface area contributed by atoms with Gasteiger partial charge in [0.05, 0.1) is 24.3 Å². The molecule has 0 amide bonds. The fourth-order valence-corrected chi connectivity index (χ4v) is 3.91. The summed E-state index contributed by atoms with van der Waals surface area (Å²) in [5.41, 5.74) is 2.09. The Kier molecular flexibility index (Phi) is 3.02. The third-order valence-electron chi connectivity index (χ3n) is 5.03. The summed E-state index contributed by atoms with van der Waals surface area (Å²) in [6.07, 6.45) is 8.93. The van der Waals surface area contributed by atoms with Gasteiger partial charge in [-0.3, -0.25) is 9.38 Å². The first-order valence-electron chi connectivity index (χ1n) is 8.21. The number of fused-ring (bicyclic) bond motifs is 3. The van der Waals surface area contributed by atoms with Crippen LogP contribution < -0.4 is 10.6 Å². The summed E-state index contributed by atoms with van der Waals surface area (Å²) < 4.78 is 15.2. The van der Waals surface area contributed by atoms with Crippen molar-refractivity contribution >= 4 is 11.5 Å². The molecule has 1 saturated heterocycles. The normalized spacial score (nSPS) is 25.5. The molecule has 1 saturated carbocycles. The second-order valence-corrected chi connectivity index (χ2v) is 6.61. The molecule has 3 aromatic rings. The lowest BCUT2D eigenvalue weighted by Gasteiger charge is -2.24. The molecule has 1 aliphatic carbocycles. The molecule has 7 heteroatoms. The van der Waals surface area contributed by atoms with Gasteiger partial charge in [-0.15, -0.1) is 0 Å². The first-order valence-corrected chi connectivity index (χ1v) is 8.21. The highest BCUT2D eigenvalue weighted by molar-refractivity contribution is 5.60. The molecular formula is C17H17FN6. The van der Waals surface area contributed by atoms with Crippen molar-refractivity contribution in [3.63, 3.8) is 0 Å². The average Bonchev–Trinajstić information content (AvgIpc) is 3.29. The zero-order valence-electron chi connectivity index (χ0n) is 13.0. The maximum absolute atomic E-state index is 13.5. The maximum atomic E-state index is 13.5. The Morgan fingerprint density at radius 3 is 3.00 bits per heavy atom. The number of rotatable bonds is 3. The highest BCUT2D eigenvalue weighted by Crippen LogP contribution is 2.33. The molecular weight excluding hydrogens is 307 g/mol. The molecule has 3 aromatic heterocycles. The van der Waals surface area contributed by atoms with Crippen molar-refractivity contribution < 1.29 is 4.39 Å². The zero-order chi connectivity index (χ0) is 16.1. The largest absolute Gasteiger partial charge is 0.364 e. The fraction of sp³-hybridized carbons (Fsp3) is 0.353. The highest BCUT2D eigenvalue weighted by atomic mass is 19.1. The van der Waals surface area contributed by atoms with Crippen LogP contribution in [0.3, 0.4) is 0 Å². The van der Waals surface area contributed by atoms with Crippen molar-refractivity contribution in [1.82, 2.24) is 24.7 Å². The van der Waals surface area contributed by atoms with Crippen molar-refractivity contribution in [1.29, 1.82) is 0 Å². The van der Waals surface area contributed by atoms with E-state index in [1.807, 2.05) is 0 Å². The fourth-order valence-electron chi connectivity index (χ4n) is 3.91. The van der Waals surface area contributed by atoms with E-state index in [4.69, 9.17) is 0 Å². The molecule has 5 rings (SSSR count). The van der Waals surface area contributed by atoms with Crippen LogP contribution in [0.4, 0.5) is 10.2 Å². The quantitative estimate of drug-likeness (QED) is 0.772. The zero-order valence-corrected chi connectivity index (χ0v) is 13.0. The first-order chi connectivity index (χ1) is 11.8. The summed E-state index contributed by atoms with van der Waals surface area (Å²) in [7, 11) is 0. The SMILES string of the molecule is Fc1ccc2ncc(-c3cncc(N[C@@H]4C[C@@H]5CN[C@H]4C5)n3)n2c1. The number of hydrogen-bond donors (Lipinski definition) is 2. The van der Waals surface area contributed by atoms with E-state index in [1.54, 1.807) is 29.1 Å². The van der Waals surface area contributed by atoms with Gasteiger partial charge in [0.25, 0.3) is 0 Å². The lowest BCUT2D eigenvalue weighted by molar-refractivity contribution is 0.465. The van der Waals surface area contributed by atoms with Gasteiger partial charge in [0.15, 0.2) is 0 Å². The van der Waals surface area contributed by atoms with Crippen LogP contribution in [0.1, 0.15) is 12.8 Å². The monoisotopic (exact) mass is 324 g/mol. The predicted octanol–water partition coefficient (Wildman–Crippen LogP) is 2.09. The van der Waals surface area contributed by atoms with Gasteiger partial charge in [-0.1, -0.05) is 0 Å².